The lowest BCUT2D eigenvalue weighted by Crippen LogP contribution is -2.17. The number of nitrogens with zero attached hydrogens (tertiary/aromatic N) is 1. The second-order valence-corrected chi connectivity index (χ2v) is 10.2. The van der Waals surface area contributed by atoms with E-state index in [1.54, 1.807) is 6.08 Å². The molecule has 1 N–H and O–H groups in total. The minimum atomic E-state index is -0.484. The number of aromatic hydroxyl groups is 1. The van der Waals surface area contributed by atoms with Crippen molar-refractivity contribution in [1.29, 1.82) is 0 Å². The van der Waals surface area contributed by atoms with Crippen LogP contribution in [0.4, 0.5) is 0 Å². The summed E-state index contributed by atoms with van der Waals surface area (Å²) < 4.78 is 6.26. The van der Waals surface area contributed by atoms with Gasteiger partial charge < -0.3 is 9.84 Å². The molecule has 152 valence electrons. The first kappa shape index (κ1) is 21.3. The molecule has 0 bridgehead atoms. The maximum atomic E-state index is 12.4. The SMILES string of the molecule is CC(C)(C)c1cc(/C=C2/N=C(c3cccc(Br)c3)OC2=O)cc(C(C)(C)C)c1O. The number of benzene rings is 2. The first-order valence-electron chi connectivity index (χ1n) is 9.53. The maximum absolute atomic E-state index is 12.4. The van der Waals surface area contributed by atoms with Crippen LogP contribution in [0.25, 0.3) is 6.08 Å². The first-order valence-corrected chi connectivity index (χ1v) is 10.3. The standard InChI is InChI=1S/C24H26BrNO3/c1-23(2,3)17-10-14(11-18(20(17)27)24(4,5)6)12-19-22(28)29-21(26-19)15-8-7-9-16(25)13-15/h7-13,27H,1-6H3/b19-12+. The topological polar surface area (TPSA) is 58.9 Å². The van der Waals surface area contributed by atoms with E-state index in [0.29, 0.717) is 5.75 Å². The van der Waals surface area contributed by atoms with Gasteiger partial charge in [0.05, 0.1) is 0 Å². The molecule has 0 aliphatic carbocycles. The molecule has 0 saturated heterocycles. The Balaban J connectivity index is 2.11. The molecule has 0 amide bonds. The predicted molar refractivity (Wildman–Crippen MR) is 120 cm³/mol. The van der Waals surface area contributed by atoms with E-state index in [1.165, 1.54) is 0 Å². The van der Waals surface area contributed by atoms with E-state index in [4.69, 9.17) is 4.74 Å². The highest BCUT2D eigenvalue weighted by atomic mass is 79.9. The Hall–Kier alpha value is -2.40. The molecule has 0 radical (unpaired) electrons. The summed E-state index contributed by atoms with van der Waals surface area (Å²) in [7, 11) is 0. The van der Waals surface area contributed by atoms with E-state index in [9.17, 15) is 9.90 Å². The predicted octanol–water partition coefficient (Wildman–Crippen LogP) is 6.09. The molecule has 0 aromatic heterocycles. The molecule has 0 spiro atoms. The van der Waals surface area contributed by atoms with Gasteiger partial charge in [0.25, 0.3) is 0 Å². The number of halogens is 1. The monoisotopic (exact) mass is 455 g/mol. The van der Waals surface area contributed by atoms with Crippen LogP contribution in [-0.4, -0.2) is 17.0 Å². The molecule has 0 atom stereocenters. The highest BCUT2D eigenvalue weighted by molar-refractivity contribution is 9.10. The fraction of sp³-hybridized carbons (Fsp3) is 0.333. The van der Waals surface area contributed by atoms with Crippen molar-refractivity contribution < 1.29 is 14.6 Å². The van der Waals surface area contributed by atoms with Crippen molar-refractivity contribution in [2.45, 2.75) is 52.4 Å². The van der Waals surface area contributed by atoms with E-state index in [2.05, 4.69) is 62.5 Å². The number of rotatable bonds is 2. The van der Waals surface area contributed by atoms with Crippen molar-refractivity contribution in [1.82, 2.24) is 0 Å². The summed E-state index contributed by atoms with van der Waals surface area (Å²) in [6.07, 6.45) is 1.72. The lowest BCUT2D eigenvalue weighted by atomic mass is 9.78. The van der Waals surface area contributed by atoms with Gasteiger partial charge in [-0.3, -0.25) is 0 Å². The van der Waals surface area contributed by atoms with Crippen LogP contribution in [-0.2, 0) is 20.4 Å². The Morgan fingerprint density at radius 1 is 1.00 bits per heavy atom. The van der Waals surface area contributed by atoms with Gasteiger partial charge in [-0.2, -0.15) is 0 Å². The number of hydrogen-bond donors (Lipinski definition) is 1. The van der Waals surface area contributed by atoms with Crippen LogP contribution >= 0.6 is 15.9 Å². The van der Waals surface area contributed by atoms with Crippen molar-refractivity contribution in [3.8, 4) is 5.75 Å². The highest BCUT2D eigenvalue weighted by Crippen LogP contribution is 2.40. The normalized spacial score (nSPS) is 16.2. The molecular formula is C24H26BrNO3. The van der Waals surface area contributed by atoms with Crippen LogP contribution in [0.1, 0.15) is 63.8 Å². The lowest BCUT2D eigenvalue weighted by molar-refractivity contribution is -0.129. The minimum absolute atomic E-state index is 0.241. The lowest BCUT2D eigenvalue weighted by Gasteiger charge is -2.27. The van der Waals surface area contributed by atoms with Crippen LogP contribution in [0.3, 0.4) is 0 Å². The van der Waals surface area contributed by atoms with Gasteiger partial charge in [0.2, 0.25) is 5.90 Å². The molecule has 4 nitrogen and oxygen atoms in total. The fourth-order valence-corrected chi connectivity index (χ4v) is 3.59. The average molecular weight is 456 g/mol. The number of hydrogen-bond acceptors (Lipinski definition) is 4. The number of phenols is 1. The summed E-state index contributed by atoms with van der Waals surface area (Å²) in [6.45, 7) is 12.3. The Labute approximate surface area is 180 Å². The Morgan fingerprint density at radius 3 is 2.10 bits per heavy atom. The third kappa shape index (κ3) is 4.61. The Kier molecular flexibility index (Phi) is 5.48. The molecule has 0 saturated carbocycles. The Bertz CT molecular complexity index is 1000. The molecule has 2 aromatic carbocycles. The second-order valence-electron chi connectivity index (χ2n) is 9.31. The summed E-state index contributed by atoms with van der Waals surface area (Å²) in [5, 5.41) is 10.9. The molecule has 1 heterocycles. The molecule has 0 unspecified atom stereocenters. The molecule has 1 aliphatic rings. The van der Waals surface area contributed by atoms with Crippen LogP contribution in [0.15, 0.2) is 51.6 Å². The van der Waals surface area contributed by atoms with E-state index in [0.717, 1.165) is 26.7 Å². The van der Waals surface area contributed by atoms with Gasteiger partial charge >= 0.3 is 5.97 Å². The number of carbonyl (C=O) groups is 1. The summed E-state index contributed by atoms with van der Waals surface area (Å²) in [4.78, 5) is 16.8. The summed E-state index contributed by atoms with van der Waals surface area (Å²) in [6, 6.07) is 11.3. The molecule has 5 heteroatoms. The van der Waals surface area contributed by atoms with Gasteiger partial charge in [0.1, 0.15) is 5.75 Å². The number of carbonyl (C=O) groups excluding carboxylic acids is 1. The molecule has 0 fully saturated rings. The zero-order chi connectivity index (χ0) is 21.6. The quantitative estimate of drug-likeness (QED) is 0.439. The number of phenolic OH excluding ortho intramolecular Hbond substituents is 1. The van der Waals surface area contributed by atoms with Gasteiger partial charge in [-0.15, -0.1) is 0 Å². The van der Waals surface area contributed by atoms with Crippen LogP contribution in [0.5, 0.6) is 5.75 Å². The summed E-state index contributed by atoms with van der Waals surface area (Å²) >= 11 is 3.42. The first-order chi connectivity index (χ1) is 13.4. The van der Waals surface area contributed by atoms with Gasteiger partial charge in [-0.05, 0) is 52.8 Å². The van der Waals surface area contributed by atoms with Crippen molar-refractivity contribution in [3.05, 3.63) is 68.8 Å². The minimum Gasteiger partial charge on any atom is -0.507 e. The largest absolute Gasteiger partial charge is 0.507 e. The summed E-state index contributed by atoms with van der Waals surface area (Å²) in [5.74, 6) is 0.107. The van der Waals surface area contributed by atoms with Crippen molar-refractivity contribution >= 4 is 33.9 Å². The molecule has 29 heavy (non-hydrogen) atoms. The van der Waals surface area contributed by atoms with Crippen LogP contribution in [0, 0.1) is 0 Å². The van der Waals surface area contributed by atoms with Crippen LogP contribution < -0.4 is 0 Å². The van der Waals surface area contributed by atoms with E-state index in [1.807, 2.05) is 36.4 Å². The smallest absolute Gasteiger partial charge is 0.363 e. The second kappa shape index (κ2) is 7.45. The molecule has 2 aromatic rings. The third-order valence-electron chi connectivity index (χ3n) is 4.74. The third-order valence-corrected chi connectivity index (χ3v) is 5.24. The van der Waals surface area contributed by atoms with Gasteiger partial charge in [-0.1, -0.05) is 63.5 Å². The van der Waals surface area contributed by atoms with E-state index >= 15 is 0 Å². The van der Waals surface area contributed by atoms with Gasteiger partial charge in [0.15, 0.2) is 5.70 Å². The van der Waals surface area contributed by atoms with Crippen molar-refractivity contribution in [3.63, 3.8) is 0 Å². The van der Waals surface area contributed by atoms with Gasteiger partial charge in [-0.25, -0.2) is 9.79 Å². The Morgan fingerprint density at radius 2 is 1.59 bits per heavy atom. The number of ether oxygens (including phenoxy) is 1. The fourth-order valence-electron chi connectivity index (χ4n) is 3.20. The zero-order valence-corrected chi connectivity index (χ0v) is 19.2. The van der Waals surface area contributed by atoms with E-state index in [-0.39, 0.29) is 22.4 Å². The zero-order valence-electron chi connectivity index (χ0n) is 17.6. The van der Waals surface area contributed by atoms with Crippen molar-refractivity contribution in [2.75, 3.05) is 0 Å². The number of aliphatic imine (C=N–C) groups is 1. The maximum Gasteiger partial charge on any atom is 0.363 e. The van der Waals surface area contributed by atoms with Gasteiger partial charge in [0, 0.05) is 21.2 Å². The van der Waals surface area contributed by atoms with Crippen LogP contribution in [0.2, 0.25) is 0 Å². The molecule has 1 aliphatic heterocycles. The van der Waals surface area contributed by atoms with Crippen molar-refractivity contribution in [2.24, 2.45) is 4.99 Å². The molecule has 3 rings (SSSR count). The summed E-state index contributed by atoms with van der Waals surface area (Å²) in [5.41, 5.74) is 2.94. The highest BCUT2D eigenvalue weighted by Gasteiger charge is 2.28. The molecular weight excluding hydrogens is 430 g/mol. The number of cyclic esters (lactones) is 1. The van der Waals surface area contributed by atoms with E-state index < -0.39 is 5.97 Å². The average Bonchev–Trinajstić information content (AvgIpc) is 2.95. The number of esters is 1.